The van der Waals surface area contributed by atoms with Gasteiger partial charge in [-0.05, 0) is 63.2 Å². The van der Waals surface area contributed by atoms with Crippen molar-refractivity contribution in [3.63, 3.8) is 0 Å². The van der Waals surface area contributed by atoms with Gasteiger partial charge in [0.25, 0.3) is 0 Å². The van der Waals surface area contributed by atoms with Crippen LogP contribution in [0.3, 0.4) is 0 Å². The standard InChI is InChI=1S/C20H25N5O2/c1-13-18-16(20(27)21-8-11-25-9-2-3-10-25)12-17(22-19(18)24-23-13)14-4-6-15(26)7-5-14/h4-7,12,20-21,26-27H,2-3,8-11H2,1H3,(H,22,23,24). The Morgan fingerprint density at radius 2 is 1.96 bits per heavy atom. The number of aromatic amines is 1. The topological polar surface area (TPSA) is 97.3 Å². The van der Waals surface area contributed by atoms with Crippen LogP contribution in [0.2, 0.25) is 0 Å². The van der Waals surface area contributed by atoms with Crippen LogP contribution in [0.1, 0.15) is 30.3 Å². The molecule has 0 amide bonds. The molecule has 1 unspecified atom stereocenters. The number of phenols is 1. The number of hydrogen-bond acceptors (Lipinski definition) is 6. The molecular weight excluding hydrogens is 342 g/mol. The minimum Gasteiger partial charge on any atom is -0.508 e. The summed E-state index contributed by atoms with van der Waals surface area (Å²) in [7, 11) is 0. The van der Waals surface area contributed by atoms with E-state index in [-0.39, 0.29) is 5.75 Å². The monoisotopic (exact) mass is 367 g/mol. The lowest BCUT2D eigenvalue weighted by Gasteiger charge is -2.19. The van der Waals surface area contributed by atoms with Gasteiger partial charge >= 0.3 is 0 Å². The first-order valence-corrected chi connectivity index (χ1v) is 9.40. The molecule has 7 heteroatoms. The molecule has 0 saturated carbocycles. The van der Waals surface area contributed by atoms with Gasteiger partial charge in [0.15, 0.2) is 5.65 Å². The van der Waals surface area contributed by atoms with Gasteiger partial charge in [-0.15, -0.1) is 0 Å². The zero-order valence-electron chi connectivity index (χ0n) is 15.4. The molecule has 3 heterocycles. The minimum absolute atomic E-state index is 0.208. The lowest BCUT2D eigenvalue weighted by Crippen LogP contribution is -2.32. The Hall–Kier alpha value is -2.48. The van der Waals surface area contributed by atoms with Crippen LogP contribution in [-0.2, 0) is 0 Å². The fourth-order valence-electron chi connectivity index (χ4n) is 3.68. The number of pyridine rings is 1. The van der Waals surface area contributed by atoms with E-state index in [0.29, 0.717) is 11.3 Å². The molecule has 1 aliphatic heterocycles. The van der Waals surface area contributed by atoms with Gasteiger partial charge in [0, 0.05) is 35.3 Å². The molecule has 2 aromatic heterocycles. The van der Waals surface area contributed by atoms with E-state index in [9.17, 15) is 10.2 Å². The predicted octanol–water partition coefficient (Wildman–Crippen LogP) is 2.32. The highest BCUT2D eigenvalue weighted by Gasteiger charge is 2.19. The second-order valence-electron chi connectivity index (χ2n) is 7.10. The van der Waals surface area contributed by atoms with Crippen LogP contribution >= 0.6 is 0 Å². The van der Waals surface area contributed by atoms with Gasteiger partial charge in [-0.3, -0.25) is 10.4 Å². The van der Waals surface area contributed by atoms with Crippen LogP contribution in [0, 0.1) is 6.92 Å². The van der Waals surface area contributed by atoms with Crippen molar-refractivity contribution in [2.24, 2.45) is 0 Å². The van der Waals surface area contributed by atoms with E-state index in [1.807, 2.05) is 13.0 Å². The molecule has 0 bridgehead atoms. The van der Waals surface area contributed by atoms with E-state index in [4.69, 9.17) is 0 Å². The van der Waals surface area contributed by atoms with Crippen molar-refractivity contribution >= 4 is 11.0 Å². The predicted molar refractivity (Wildman–Crippen MR) is 104 cm³/mol. The third-order valence-corrected chi connectivity index (χ3v) is 5.16. The maximum atomic E-state index is 10.8. The normalized spacial score (nSPS) is 16.2. The summed E-state index contributed by atoms with van der Waals surface area (Å²) in [6.45, 7) is 5.86. The number of likely N-dealkylation sites (tertiary alicyclic amines) is 1. The summed E-state index contributed by atoms with van der Waals surface area (Å²) in [5, 5.41) is 31.6. The Labute approximate surface area is 158 Å². The van der Waals surface area contributed by atoms with Crippen molar-refractivity contribution < 1.29 is 10.2 Å². The fourth-order valence-corrected chi connectivity index (χ4v) is 3.68. The molecule has 0 spiro atoms. The second kappa shape index (κ2) is 7.64. The third-order valence-electron chi connectivity index (χ3n) is 5.16. The number of hydrogen-bond donors (Lipinski definition) is 4. The maximum absolute atomic E-state index is 10.8. The number of phenolic OH excluding ortho intramolecular Hbond substituents is 1. The van der Waals surface area contributed by atoms with Crippen molar-refractivity contribution in [3.05, 3.63) is 41.6 Å². The van der Waals surface area contributed by atoms with Crippen LogP contribution in [0.15, 0.2) is 30.3 Å². The van der Waals surface area contributed by atoms with E-state index in [0.717, 1.165) is 48.4 Å². The van der Waals surface area contributed by atoms with E-state index in [2.05, 4.69) is 25.4 Å². The molecule has 1 saturated heterocycles. The first kappa shape index (κ1) is 17.9. The first-order chi connectivity index (χ1) is 13.1. The van der Waals surface area contributed by atoms with E-state index >= 15 is 0 Å². The molecule has 0 radical (unpaired) electrons. The molecule has 3 aromatic rings. The molecule has 1 aliphatic rings. The minimum atomic E-state index is -0.801. The molecule has 1 aromatic carbocycles. The lowest BCUT2D eigenvalue weighted by molar-refractivity contribution is 0.136. The summed E-state index contributed by atoms with van der Waals surface area (Å²) in [5.74, 6) is 0.208. The SMILES string of the molecule is Cc1[nH]nc2nc(-c3ccc(O)cc3)cc(C(O)NCCN3CCCC3)c12. The zero-order chi connectivity index (χ0) is 18.8. The summed E-state index contributed by atoms with van der Waals surface area (Å²) < 4.78 is 0. The van der Waals surface area contributed by atoms with Crippen molar-refractivity contribution in [2.75, 3.05) is 26.2 Å². The molecule has 7 nitrogen and oxygen atoms in total. The summed E-state index contributed by atoms with van der Waals surface area (Å²) in [4.78, 5) is 7.02. The number of nitrogens with one attached hydrogen (secondary N) is 2. The highest BCUT2D eigenvalue weighted by molar-refractivity contribution is 5.85. The van der Waals surface area contributed by atoms with Crippen LogP contribution in [0.25, 0.3) is 22.3 Å². The zero-order valence-corrected chi connectivity index (χ0v) is 15.4. The summed E-state index contributed by atoms with van der Waals surface area (Å²) in [5.41, 5.74) is 3.79. The highest BCUT2D eigenvalue weighted by Crippen LogP contribution is 2.29. The van der Waals surface area contributed by atoms with Gasteiger partial charge in [-0.1, -0.05) is 0 Å². The van der Waals surface area contributed by atoms with Crippen LogP contribution < -0.4 is 5.32 Å². The summed E-state index contributed by atoms with van der Waals surface area (Å²) in [6, 6.07) is 8.76. The Bertz CT molecular complexity index is 916. The first-order valence-electron chi connectivity index (χ1n) is 9.40. The average Bonchev–Trinajstić information content (AvgIpc) is 3.32. The highest BCUT2D eigenvalue weighted by atomic mass is 16.3. The molecule has 142 valence electrons. The Morgan fingerprint density at radius 3 is 2.70 bits per heavy atom. The number of aromatic hydroxyl groups is 1. The van der Waals surface area contributed by atoms with Gasteiger partial charge < -0.3 is 15.1 Å². The third kappa shape index (κ3) is 3.80. The van der Waals surface area contributed by atoms with Crippen molar-refractivity contribution in [3.8, 4) is 17.0 Å². The van der Waals surface area contributed by atoms with Crippen LogP contribution in [-0.4, -0.2) is 56.5 Å². The largest absolute Gasteiger partial charge is 0.508 e. The van der Waals surface area contributed by atoms with Gasteiger partial charge in [0.1, 0.15) is 12.0 Å². The van der Waals surface area contributed by atoms with Gasteiger partial charge in [-0.25, -0.2) is 4.98 Å². The maximum Gasteiger partial charge on any atom is 0.182 e. The smallest absolute Gasteiger partial charge is 0.182 e. The number of aliphatic hydroxyl groups excluding tert-OH is 1. The molecule has 4 rings (SSSR count). The van der Waals surface area contributed by atoms with Crippen molar-refractivity contribution in [2.45, 2.75) is 26.0 Å². The Morgan fingerprint density at radius 1 is 1.22 bits per heavy atom. The molecule has 4 N–H and O–H groups in total. The number of aryl methyl sites for hydroxylation is 1. The van der Waals surface area contributed by atoms with E-state index in [1.54, 1.807) is 24.3 Å². The quantitative estimate of drug-likeness (QED) is 0.499. The van der Waals surface area contributed by atoms with Crippen LogP contribution in [0.5, 0.6) is 5.75 Å². The molecule has 27 heavy (non-hydrogen) atoms. The number of rotatable bonds is 6. The van der Waals surface area contributed by atoms with Gasteiger partial charge in [0.05, 0.1) is 5.69 Å². The van der Waals surface area contributed by atoms with Crippen molar-refractivity contribution in [1.82, 2.24) is 25.4 Å². The number of H-pyrrole nitrogens is 1. The fraction of sp³-hybridized carbons (Fsp3) is 0.400. The number of fused-ring (bicyclic) bond motifs is 1. The molecule has 1 fully saturated rings. The molecule has 0 aliphatic carbocycles. The molecular formula is C20H25N5O2. The average molecular weight is 367 g/mol. The van der Waals surface area contributed by atoms with Crippen LogP contribution in [0.4, 0.5) is 0 Å². The lowest BCUT2D eigenvalue weighted by atomic mass is 10.0. The van der Waals surface area contributed by atoms with E-state index < -0.39 is 6.23 Å². The Balaban J connectivity index is 1.61. The number of benzene rings is 1. The van der Waals surface area contributed by atoms with Gasteiger partial charge in [-0.2, -0.15) is 5.10 Å². The molecule has 1 atom stereocenters. The number of aromatic nitrogens is 3. The summed E-state index contributed by atoms with van der Waals surface area (Å²) in [6.07, 6.45) is 1.72. The van der Waals surface area contributed by atoms with Gasteiger partial charge in [0.2, 0.25) is 0 Å². The van der Waals surface area contributed by atoms with E-state index in [1.165, 1.54) is 12.8 Å². The second-order valence-corrected chi connectivity index (χ2v) is 7.10. The number of nitrogens with zero attached hydrogens (tertiary/aromatic N) is 3. The number of aliphatic hydroxyl groups is 1. The Kier molecular flexibility index (Phi) is 5.07. The van der Waals surface area contributed by atoms with Crippen molar-refractivity contribution in [1.29, 1.82) is 0 Å². The summed E-state index contributed by atoms with van der Waals surface area (Å²) >= 11 is 0.